The Morgan fingerprint density at radius 3 is 2.27 bits per heavy atom. The van der Waals surface area contributed by atoms with Crippen molar-refractivity contribution >= 4 is 12.0 Å². The summed E-state index contributed by atoms with van der Waals surface area (Å²) in [5, 5.41) is 5.88. The van der Waals surface area contributed by atoms with Crippen LogP contribution in [0.1, 0.15) is 44.6 Å². The monoisotopic (exact) mass is 356 g/mol. The zero-order valence-corrected chi connectivity index (χ0v) is 15.3. The summed E-state index contributed by atoms with van der Waals surface area (Å²) >= 11 is 0. The van der Waals surface area contributed by atoms with Crippen LogP contribution in [0.5, 0.6) is 0 Å². The normalized spacial score (nSPS) is 32.7. The van der Waals surface area contributed by atoms with Crippen molar-refractivity contribution in [2.75, 3.05) is 0 Å². The Balaban J connectivity index is 1.25. The van der Waals surface area contributed by atoms with Gasteiger partial charge in [0.2, 0.25) is 5.91 Å². The lowest BCUT2D eigenvalue weighted by molar-refractivity contribution is -0.126. The Morgan fingerprint density at radius 1 is 1.04 bits per heavy atom. The van der Waals surface area contributed by atoms with Gasteiger partial charge < -0.3 is 15.4 Å². The second kappa shape index (κ2) is 7.29. The minimum atomic E-state index is -0.588. The first-order chi connectivity index (χ1) is 12.6. The van der Waals surface area contributed by atoms with E-state index in [2.05, 4.69) is 10.6 Å². The third-order valence-corrected chi connectivity index (χ3v) is 6.48. The molecular weight excluding hydrogens is 328 g/mol. The molecule has 4 saturated carbocycles. The molecule has 4 bridgehead atoms. The fourth-order valence-corrected chi connectivity index (χ4v) is 5.46. The highest BCUT2D eigenvalue weighted by molar-refractivity contribution is 5.85. The molecule has 5 heteroatoms. The molecule has 140 valence electrons. The van der Waals surface area contributed by atoms with Crippen molar-refractivity contribution in [3.8, 4) is 0 Å². The average molecular weight is 356 g/mol. The summed E-state index contributed by atoms with van der Waals surface area (Å²) in [6.07, 6.45) is 5.90. The van der Waals surface area contributed by atoms with E-state index in [0.29, 0.717) is 17.9 Å². The topological polar surface area (TPSA) is 67.4 Å². The van der Waals surface area contributed by atoms with Crippen molar-refractivity contribution in [2.45, 2.75) is 57.7 Å². The van der Waals surface area contributed by atoms with Crippen LogP contribution in [-0.4, -0.2) is 24.1 Å². The van der Waals surface area contributed by atoms with E-state index in [4.69, 9.17) is 4.74 Å². The minimum Gasteiger partial charge on any atom is -0.445 e. The van der Waals surface area contributed by atoms with E-state index in [9.17, 15) is 9.59 Å². The third-order valence-electron chi connectivity index (χ3n) is 6.48. The molecule has 2 N–H and O–H groups in total. The highest BCUT2D eigenvalue weighted by Gasteiger charge is 2.48. The van der Waals surface area contributed by atoms with Gasteiger partial charge in [-0.3, -0.25) is 4.79 Å². The van der Waals surface area contributed by atoms with Gasteiger partial charge in [-0.25, -0.2) is 4.79 Å². The van der Waals surface area contributed by atoms with Crippen LogP contribution in [0.25, 0.3) is 0 Å². The Bertz CT molecular complexity index is 632. The summed E-state index contributed by atoms with van der Waals surface area (Å²) in [6, 6.07) is 9.22. The summed E-state index contributed by atoms with van der Waals surface area (Å²) in [5.41, 5.74) is 0.924. The fraction of sp³-hybridized carbons (Fsp3) is 0.619. The Labute approximate surface area is 154 Å². The van der Waals surface area contributed by atoms with Gasteiger partial charge in [0.1, 0.15) is 12.6 Å². The first-order valence-electron chi connectivity index (χ1n) is 9.86. The second-order valence-electron chi connectivity index (χ2n) is 8.39. The molecule has 1 atom stereocenters. The van der Waals surface area contributed by atoms with Crippen LogP contribution in [0.15, 0.2) is 30.3 Å². The molecule has 4 fully saturated rings. The van der Waals surface area contributed by atoms with E-state index >= 15 is 0 Å². The molecule has 0 spiro atoms. The van der Waals surface area contributed by atoms with Crippen molar-refractivity contribution in [1.82, 2.24) is 10.6 Å². The van der Waals surface area contributed by atoms with E-state index < -0.39 is 12.1 Å². The predicted molar refractivity (Wildman–Crippen MR) is 98.2 cm³/mol. The minimum absolute atomic E-state index is 0.0980. The van der Waals surface area contributed by atoms with Crippen molar-refractivity contribution in [3.05, 3.63) is 35.9 Å². The lowest BCUT2D eigenvalue weighted by atomic mass is 9.54. The van der Waals surface area contributed by atoms with Crippen molar-refractivity contribution in [2.24, 2.45) is 23.7 Å². The maximum atomic E-state index is 12.6. The fourth-order valence-electron chi connectivity index (χ4n) is 5.46. The van der Waals surface area contributed by atoms with Crippen LogP contribution < -0.4 is 10.6 Å². The van der Waals surface area contributed by atoms with Gasteiger partial charge in [0, 0.05) is 6.04 Å². The van der Waals surface area contributed by atoms with Crippen LogP contribution in [0.3, 0.4) is 0 Å². The molecule has 4 aliphatic carbocycles. The molecule has 0 aliphatic heterocycles. The van der Waals surface area contributed by atoms with Crippen LogP contribution >= 0.6 is 0 Å². The number of hydrogen-bond acceptors (Lipinski definition) is 3. The van der Waals surface area contributed by atoms with E-state index in [0.717, 1.165) is 17.4 Å². The molecule has 4 aliphatic rings. The van der Waals surface area contributed by atoms with Crippen LogP contribution in [-0.2, 0) is 16.1 Å². The number of rotatable bonds is 5. The number of nitrogens with one attached hydrogen (secondary N) is 2. The highest BCUT2D eigenvalue weighted by Crippen LogP contribution is 2.53. The molecule has 0 aromatic heterocycles. The molecular formula is C21H28N2O3. The smallest absolute Gasteiger partial charge is 0.408 e. The molecule has 0 heterocycles. The standard InChI is InChI=1S/C21H28N2O3/c1-13(22-21(25)26-12-14-5-3-2-4-6-14)20(24)23-19-17-8-15-7-16(10-17)11-18(19)9-15/h2-6,13,15-19H,7-12H2,1H3,(H,22,25)(H,23,24)/t13-,15?,16?,17?,18?,19?/m1/s1. The Kier molecular flexibility index (Phi) is 4.88. The van der Waals surface area contributed by atoms with E-state index in [1.807, 2.05) is 30.3 Å². The second-order valence-corrected chi connectivity index (χ2v) is 8.39. The highest BCUT2D eigenvalue weighted by atomic mass is 16.5. The molecule has 1 aromatic rings. The van der Waals surface area contributed by atoms with Gasteiger partial charge in [-0.15, -0.1) is 0 Å². The van der Waals surface area contributed by atoms with Crippen LogP contribution in [0, 0.1) is 23.7 Å². The number of alkyl carbamates (subject to hydrolysis) is 1. The Hall–Kier alpha value is -2.04. The number of carbonyl (C=O) groups excluding carboxylic acids is 2. The summed E-state index contributed by atoms with van der Waals surface area (Å²) in [7, 11) is 0. The number of ether oxygens (including phenoxy) is 1. The van der Waals surface area contributed by atoms with Gasteiger partial charge in [0.05, 0.1) is 0 Å². The molecule has 2 amide bonds. The number of benzene rings is 1. The molecule has 0 saturated heterocycles. The molecule has 0 unspecified atom stereocenters. The van der Waals surface area contributed by atoms with Crippen LogP contribution in [0.2, 0.25) is 0 Å². The number of carbonyl (C=O) groups is 2. The molecule has 1 aromatic carbocycles. The Morgan fingerprint density at radius 2 is 1.65 bits per heavy atom. The maximum absolute atomic E-state index is 12.6. The van der Waals surface area contributed by atoms with Gasteiger partial charge >= 0.3 is 6.09 Å². The molecule has 26 heavy (non-hydrogen) atoms. The zero-order valence-electron chi connectivity index (χ0n) is 15.3. The molecule has 5 rings (SSSR count). The van der Waals surface area contributed by atoms with Gasteiger partial charge in [-0.2, -0.15) is 0 Å². The van der Waals surface area contributed by atoms with Crippen molar-refractivity contribution in [1.29, 1.82) is 0 Å². The molecule has 5 nitrogen and oxygen atoms in total. The first kappa shape index (κ1) is 17.4. The first-order valence-corrected chi connectivity index (χ1v) is 9.86. The number of hydrogen-bond donors (Lipinski definition) is 2. The lowest BCUT2D eigenvalue weighted by Crippen LogP contribution is -2.58. The third kappa shape index (κ3) is 3.71. The zero-order chi connectivity index (χ0) is 18.1. The quantitative estimate of drug-likeness (QED) is 0.851. The summed E-state index contributed by atoms with van der Waals surface area (Å²) in [4.78, 5) is 24.5. The van der Waals surface area contributed by atoms with Crippen LogP contribution in [0.4, 0.5) is 4.79 Å². The number of amides is 2. The lowest BCUT2D eigenvalue weighted by Gasteiger charge is -2.54. The van der Waals surface area contributed by atoms with Crippen molar-refractivity contribution in [3.63, 3.8) is 0 Å². The van der Waals surface area contributed by atoms with E-state index in [1.54, 1.807) is 6.92 Å². The molecule has 0 radical (unpaired) electrons. The SMILES string of the molecule is C[C@@H](NC(=O)OCc1ccccc1)C(=O)NC1C2CC3CC(C2)CC1C3. The van der Waals surface area contributed by atoms with Crippen molar-refractivity contribution < 1.29 is 14.3 Å². The summed E-state index contributed by atoms with van der Waals surface area (Å²) in [6.45, 7) is 1.92. The predicted octanol–water partition coefficient (Wildman–Crippen LogP) is 3.24. The van der Waals surface area contributed by atoms with E-state index in [-0.39, 0.29) is 12.5 Å². The van der Waals surface area contributed by atoms with Gasteiger partial charge in [0.15, 0.2) is 0 Å². The summed E-state index contributed by atoms with van der Waals surface area (Å²) < 4.78 is 5.20. The van der Waals surface area contributed by atoms with Gasteiger partial charge in [0.25, 0.3) is 0 Å². The van der Waals surface area contributed by atoms with E-state index in [1.165, 1.54) is 32.1 Å². The average Bonchev–Trinajstić information content (AvgIpc) is 2.63. The largest absolute Gasteiger partial charge is 0.445 e. The van der Waals surface area contributed by atoms with Gasteiger partial charge in [-0.05, 0) is 68.3 Å². The van der Waals surface area contributed by atoms with Gasteiger partial charge in [-0.1, -0.05) is 30.3 Å². The maximum Gasteiger partial charge on any atom is 0.408 e. The summed E-state index contributed by atoms with van der Waals surface area (Å²) in [5.74, 6) is 2.93.